The fourth-order valence-corrected chi connectivity index (χ4v) is 2.03. The monoisotopic (exact) mass is 376 g/mol. The molecular weight excluding hydrogens is 359 g/mol. The van der Waals surface area contributed by atoms with E-state index in [9.17, 15) is 14.4 Å². The number of amides is 1. The second kappa shape index (κ2) is 9.44. The Bertz CT molecular complexity index is 624. The molecule has 2 atom stereocenters. The molecule has 1 aromatic rings. The molecule has 0 aliphatic heterocycles. The molecule has 1 N–H and O–H groups in total. The van der Waals surface area contributed by atoms with Crippen LogP contribution < -0.4 is 5.32 Å². The molecule has 0 aromatic carbocycles. The summed E-state index contributed by atoms with van der Waals surface area (Å²) in [6.45, 7) is 3.13. The molecule has 0 aliphatic rings. The molecule has 7 nitrogen and oxygen atoms in total. The number of nitrogens with one attached hydrogen (secondary N) is 1. The van der Waals surface area contributed by atoms with Crippen LogP contribution in [0.3, 0.4) is 0 Å². The molecule has 24 heavy (non-hydrogen) atoms. The summed E-state index contributed by atoms with van der Waals surface area (Å²) in [4.78, 5) is 39.1. The van der Waals surface area contributed by atoms with Crippen molar-refractivity contribution in [2.24, 2.45) is 5.92 Å². The van der Waals surface area contributed by atoms with Crippen molar-refractivity contribution in [3.8, 4) is 0 Å². The molecule has 0 spiro atoms. The summed E-state index contributed by atoms with van der Waals surface area (Å²) in [7, 11) is 1.24. The van der Waals surface area contributed by atoms with E-state index in [4.69, 9.17) is 27.9 Å². The van der Waals surface area contributed by atoms with Gasteiger partial charge in [0.25, 0.3) is 5.91 Å². The van der Waals surface area contributed by atoms with Crippen LogP contribution in [-0.4, -0.2) is 42.6 Å². The van der Waals surface area contributed by atoms with Gasteiger partial charge in [0.15, 0.2) is 6.61 Å². The van der Waals surface area contributed by atoms with Crippen molar-refractivity contribution in [3.05, 3.63) is 28.0 Å². The Morgan fingerprint density at radius 1 is 1.33 bits per heavy atom. The largest absolute Gasteiger partial charge is 0.467 e. The maximum Gasteiger partial charge on any atom is 0.340 e. The van der Waals surface area contributed by atoms with Crippen LogP contribution in [0.4, 0.5) is 0 Å². The summed E-state index contributed by atoms with van der Waals surface area (Å²) in [6.07, 6.45) is 1.85. The lowest BCUT2D eigenvalue weighted by Gasteiger charge is -2.21. The third kappa shape index (κ3) is 5.65. The van der Waals surface area contributed by atoms with Crippen molar-refractivity contribution in [2.45, 2.75) is 26.3 Å². The van der Waals surface area contributed by atoms with E-state index in [0.717, 1.165) is 0 Å². The summed E-state index contributed by atoms with van der Waals surface area (Å²) < 4.78 is 9.53. The van der Waals surface area contributed by atoms with Crippen molar-refractivity contribution in [1.82, 2.24) is 10.3 Å². The first-order valence-electron chi connectivity index (χ1n) is 7.15. The molecule has 0 aliphatic carbocycles. The summed E-state index contributed by atoms with van der Waals surface area (Å²) in [5, 5.41) is 2.64. The Hall–Kier alpha value is -1.86. The van der Waals surface area contributed by atoms with Gasteiger partial charge in [0.05, 0.1) is 17.7 Å². The summed E-state index contributed by atoms with van der Waals surface area (Å²) in [5.41, 5.74) is 0.0589. The molecule has 0 radical (unpaired) electrons. The molecule has 0 fully saturated rings. The lowest BCUT2D eigenvalue weighted by Crippen LogP contribution is -2.47. The summed E-state index contributed by atoms with van der Waals surface area (Å²) in [6, 6.07) is 0.478. The van der Waals surface area contributed by atoms with Gasteiger partial charge in [-0.2, -0.15) is 0 Å². The molecule has 132 valence electrons. The minimum absolute atomic E-state index is 0.0560. The topological polar surface area (TPSA) is 94.6 Å². The van der Waals surface area contributed by atoms with E-state index in [-0.39, 0.29) is 21.7 Å². The Kier molecular flexibility index (Phi) is 7.94. The predicted octanol–water partition coefficient (Wildman–Crippen LogP) is 2.25. The number of nitrogens with zero attached hydrogens (tertiary/aromatic N) is 1. The number of rotatable bonds is 7. The highest BCUT2D eigenvalue weighted by atomic mass is 35.5. The van der Waals surface area contributed by atoms with Crippen LogP contribution in [0, 0.1) is 5.92 Å². The van der Waals surface area contributed by atoms with Crippen LogP contribution in [0.25, 0.3) is 0 Å². The van der Waals surface area contributed by atoms with Crippen molar-refractivity contribution < 1.29 is 23.9 Å². The second-order valence-corrected chi connectivity index (χ2v) is 5.79. The molecular formula is C15H18Cl2N2O5. The predicted molar refractivity (Wildman–Crippen MR) is 87.9 cm³/mol. The third-order valence-electron chi connectivity index (χ3n) is 3.35. The van der Waals surface area contributed by atoms with Crippen LogP contribution in [0.5, 0.6) is 0 Å². The second-order valence-electron chi connectivity index (χ2n) is 5.03. The number of hydrogen-bond acceptors (Lipinski definition) is 6. The number of esters is 2. The lowest BCUT2D eigenvalue weighted by atomic mass is 9.99. The van der Waals surface area contributed by atoms with Crippen LogP contribution >= 0.6 is 23.2 Å². The number of carbonyl (C=O) groups excluding carboxylic acids is 3. The number of methoxy groups -OCH3 is 1. The fourth-order valence-electron chi connectivity index (χ4n) is 1.76. The lowest BCUT2D eigenvalue weighted by molar-refractivity contribution is -0.147. The van der Waals surface area contributed by atoms with Gasteiger partial charge in [-0.1, -0.05) is 43.5 Å². The van der Waals surface area contributed by atoms with Crippen molar-refractivity contribution in [1.29, 1.82) is 0 Å². The first kappa shape index (κ1) is 20.2. The highest BCUT2D eigenvalue weighted by Crippen LogP contribution is 2.20. The van der Waals surface area contributed by atoms with Crippen molar-refractivity contribution >= 4 is 41.0 Å². The van der Waals surface area contributed by atoms with Gasteiger partial charge in [0.2, 0.25) is 0 Å². The first-order chi connectivity index (χ1) is 11.3. The Balaban J connectivity index is 2.62. The third-order valence-corrected chi connectivity index (χ3v) is 4.04. The maximum absolute atomic E-state index is 11.9. The van der Waals surface area contributed by atoms with Gasteiger partial charge in [-0.15, -0.1) is 0 Å². The molecule has 1 amide bonds. The molecule has 9 heteroatoms. The van der Waals surface area contributed by atoms with Crippen LogP contribution in [0.1, 0.15) is 30.6 Å². The zero-order chi connectivity index (χ0) is 18.3. The average Bonchev–Trinajstić information content (AvgIpc) is 2.58. The summed E-state index contributed by atoms with van der Waals surface area (Å²) >= 11 is 11.4. The summed E-state index contributed by atoms with van der Waals surface area (Å²) in [5.74, 6) is -2.09. The number of halogens is 2. The van der Waals surface area contributed by atoms with Gasteiger partial charge in [-0.25, -0.2) is 14.6 Å². The molecule has 0 bridgehead atoms. The van der Waals surface area contributed by atoms with Crippen LogP contribution in [0.15, 0.2) is 12.3 Å². The highest BCUT2D eigenvalue weighted by molar-refractivity contribution is 6.41. The van der Waals surface area contributed by atoms with E-state index in [0.29, 0.717) is 6.42 Å². The van der Waals surface area contributed by atoms with Gasteiger partial charge in [-0.05, 0) is 12.0 Å². The molecule has 0 unspecified atom stereocenters. The van der Waals surface area contributed by atoms with Crippen molar-refractivity contribution in [2.75, 3.05) is 13.7 Å². The standard InChI is InChI=1S/C15H18Cl2N2O5/c1-4-8(2)12(15(22)23-3)19-11(20)7-24-14(21)9-5-10(16)13(17)18-6-9/h5-6,8,12H,4,7H2,1-3H3,(H,19,20)/t8-,12-/m0/s1. The Morgan fingerprint density at radius 2 is 2.00 bits per heavy atom. The zero-order valence-electron chi connectivity index (χ0n) is 13.5. The molecule has 0 saturated heterocycles. The Morgan fingerprint density at radius 3 is 2.54 bits per heavy atom. The van der Waals surface area contributed by atoms with E-state index >= 15 is 0 Å². The normalized spacial score (nSPS) is 12.9. The van der Waals surface area contributed by atoms with Gasteiger partial charge < -0.3 is 14.8 Å². The van der Waals surface area contributed by atoms with Crippen LogP contribution in [-0.2, 0) is 19.1 Å². The number of hydrogen-bond donors (Lipinski definition) is 1. The first-order valence-corrected chi connectivity index (χ1v) is 7.91. The average molecular weight is 377 g/mol. The zero-order valence-corrected chi connectivity index (χ0v) is 15.0. The molecule has 1 heterocycles. The number of pyridine rings is 1. The molecule has 0 saturated carbocycles. The van der Waals surface area contributed by atoms with E-state index < -0.39 is 30.5 Å². The highest BCUT2D eigenvalue weighted by Gasteiger charge is 2.27. The van der Waals surface area contributed by atoms with Crippen LogP contribution in [0.2, 0.25) is 10.2 Å². The number of carbonyl (C=O) groups is 3. The van der Waals surface area contributed by atoms with Gasteiger partial charge >= 0.3 is 11.9 Å². The smallest absolute Gasteiger partial charge is 0.340 e. The quantitative estimate of drug-likeness (QED) is 0.579. The van der Waals surface area contributed by atoms with Gasteiger partial charge in [0.1, 0.15) is 11.2 Å². The van der Waals surface area contributed by atoms with Crippen molar-refractivity contribution in [3.63, 3.8) is 0 Å². The molecule has 1 rings (SSSR count). The number of ether oxygens (including phenoxy) is 2. The minimum atomic E-state index is -0.808. The minimum Gasteiger partial charge on any atom is -0.467 e. The van der Waals surface area contributed by atoms with Gasteiger partial charge in [0, 0.05) is 6.20 Å². The fraction of sp³-hybridized carbons (Fsp3) is 0.467. The maximum atomic E-state index is 11.9. The number of aromatic nitrogens is 1. The van der Waals surface area contributed by atoms with E-state index in [1.807, 2.05) is 6.92 Å². The Labute approximate surface area is 149 Å². The SMILES string of the molecule is CC[C@H](C)[C@H](NC(=O)COC(=O)c1cnc(Cl)c(Cl)c1)C(=O)OC. The molecule has 1 aromatic heterocycles. The van der Waals surface area contributed by atoms with Gasteiger partial charge in [-0.3, -0.25) is 4.79 Å². The van der Waals surface area contributed by atoms with E-state index in [1.165, 1.54) is 19.4 Å². The van der Waals surface area contributed by atoms with E-state index in [1.54, 1.807) is 6.92 Å². The van der Waals surface area contributed by atoms with E-state index in [2.05, 4.69) is 15.0 Å².